The van der Waals surface area contributed by atoms with E-state index in [-0.39, 0.29) is 11.2 Å². The second-order valence-electron chi connectivity index (χ2n) is 8.44. The smallest absolute Gasteiger partial charge is 0.226 e. The third-order valence-corrected chi connectivity index (χ3v) is 6.38. The Morgan fingerprint density at radius 1 is 1.13 bits per heavy atom. The fraction of sp³-hybridized carbons (Fsp3) is 0.273. The maximum atomic E-state index is 13.3. The van der Waals surface area contributed by atoms with Gasteiger partial charge in [0.05, 0.1) is 10.0 Å². The molecule has 0 amide bonds. The van der Waals surface area contributed by atoms with E-state index in [1.807, 2.05) is 24.3 Å². The summed E-state index contributed by atoms with van der Waals surface area (Å²) in [5.41, 5.74) is 2.99. The van der Waals surface area contributed by atoms with Crippen LogP contribution in [-0.4, -0.2) is 25.5 Å². The number of carbonyl (C=O) groups is 1. The number of ketones is 1. The molecule has 0 radical (unpaired) electrons. The van der Waals surface area contributed by atoms with Crippen molar-refractivity contribution in [1.82, 2.24) is 19.7 Å². The molecular weight excluding hydrogens is 421 g/mol. The van der Waals surface area contributed by atoms with Crippen LogP contribution in [0.2, 0.25) is 10.0 Å². The molecule has 1 N–H and O–H groups in total. The van der Waals surface area contributed by atoms with Crippen molar-refractivity contribution < 1.29 is 4.79 Å². The Labute approximate surface area is 183 Å². The molecule has 3 heterocycles. The molecule has 1 aliphatic heterocycles. The number of pyridine rings is 1. The molecule has 152 valence electrons. The molecule has 2 aliphatic rings. The summed E-state index contributed by atoms with van der Waals surface area (Å²) in [4.78, 5) is 22.0. The highest BCUT2D eigenvalue weighted by Crippen LogP contribution is 2.47. The quantitative estimate of drug-likeness (QED) is 0.585. The summed E-state index contributed by atoms with van der Waals surface area (Å²) in [6.07, 6.45) is 4.59. The number of nitrogens with zero attached hydrogens (tertiary/aromatic N) is 4. The van der Waals surface area contributed by atoms with Crippen LogP contribution in [0.3, 0.4) is 0 Å². The van der Waals surface area contributed by atoms with Crippen LogP contribution in [0.4, 0.5) is 5.95 Å². The van der Waals surface area contributed by atoms with Crippen LogP contribution in [0.15, 0.2) is 54.0 Å². The van der Waals surface area contributed by atoms with E-state index in [0.717, 1.165) is 23.2 Å². The van der Waals surface area contributed by atoms with Crippen LogP contribution < -0.4 is 5.32 Å². The number of fused-ring (bicyclic) bond motifs is 1. The van der Waals surface area contributed by atoms with E-state index in [1.54, 1.807) is 23.1 Å². The Balaban J connectivity index is 1.73. The van der Waals surface area contributed by atoms with Crippen LogP contribution in [0, 0.1) is 5.41 Å². The highest BCUT2D eigenvalue weighted by molar-refractivity contribution is 6.42. The fourth-order valence-electron chi connectivity index (χ4n) is 4.25. The summed E-state index contributed by atoms with van der Waals surface area (Å²) in [6.45, 7) is 4.19. The van der Waals surface area contributed by atoms with E-state index in [0.29, 0.717) is 33.8 Å². The van der Waals surface area contributed by atoms with Gasteiger partial charge in [0.15, 0.2) is 11.6 Å². The van der Waals surface area contributed by atoms with E-state index in [9.17, 15) is 4.79 Å². The van der Waals surface area contributed by atoms with Gasteiger partial charge < -0.3 is 5.32 Å². The van der Waals surface area contributed by atoms with Gasteiger partial charge in [-0.25, -0.2) is 4.68 Å². The minimum atomic E-state index is -0.492. The Bertz CT molecular complexity index is 1200. The van der Waals surface area contributed by atoms with Crippen molar-refractivity contribution >= 4 is 34.9 Å². The van der Waals surface area contributed by atoms with Crippen LogP contribution in [0.5, 0.6) is 0 Å². The predicted octanol–water partition coefficient (Wildman–Crippen LogP) is 5.31. The molecule has 8 heteroatoms. The number of aromatic nitrogens is 4. The number of halogens is 2. The molecule has 1 atom stereocenters. The van der Waals surface area contributed by atoms with Gasteiger partial charge in [-0.2, -0.15) is 4.98 Å². The maximum Gasteiger partial charge on any atom is 0.226 e. The van der Waals surface area contributed by atoms with Crippen LogP contribution in [0.25, 0.3) is 11.4 Å². The lowest BCUT2D eigenvalue weighted by atomic mass is 9.73. The van der Waals surface area contributed by atoms with E-state index < -0.39 is 6.04 Å². The third-order valence-electron chi connectivity index (χ3n) is 5.55. The molecule has 0 fully saturated rings. The van der Waals surface area contributed by atoms with Crippen molar-refractivity contribution in [3.05, 3.63) is 69.6 Å². The Morgan fingerprint density at radius 2 is 1.90 bits per heavy atom. The first-order valence-corrected chi connectivity index (χ1v) is 10.4. The van der Waals surface area contributed by atoms with Gasteiger partial charge in [-0.3, -0.25) is 9.78 Å². The summed E-state index contributed by atoms with van der Waals surface area (Å²) >= 11 is 12.9. The van der Waals surface area contributed by atoms with Gasteiger partial charge in [0.25, 0.3) is 0 Å². The van der Waals surface area contributed by atoms with Crippen LogP contribution in [0.1, 0.15) is 38.3 Å². The largest absolute Gasteiger partial charge is 0.328 e. The van der Waals surface area contributed by atoms with Gasteiger partial charge in [-0.1, -0.05) is 49.2 Å². The fourth-order valence-corrected chi connectivity index (χ4v) is 4.66. The average molecular weight is 440 g/mol. The van der Waals surface area contributed by atoms with Crippen LogP contribution >= 0.6 is 23.2 Å². The molecule has 5 rings (SSSR count). The summed E-state index contributed by atoms with van der Waals surface area (Å²) in [7, 11) is 0. The van der Waals surface area contributed by atoms with Gasteiger partial charge in [0.1, 0.15) is 6.04 Å². The summed E-state index contributed by atoms with van der Waals surface area (Å²) < 4.78 is 1.74. The van der Waals surface area contributed by atoms with Crippen LogP contribution in [-0.2, 0) is 4.79 Å². The molecule has 30 heavy (non-hydrogen) atoms. The molecule has 0 spiro atoms. The van der Waals surface area contributed by atoms with Gasteiger partial charge in [-0.05, 0) is 30.0 Å². The summed E-state index contributed by atoms with van der Waals surface area (Å²) in [5, 5.41) is 8.96. The van der Waals surface area contributed by atoms with Gasteiger partial charge in [-0.15, -0.1) is 5.10 Å². The van der Waals surface area contributed by atoms with Crippen molar-refractivity contribution in [2.45, 2.75) is 32.7 Å². The predicted molar refractivity (Wildman–Crippen MR) is 117 cm³/mol. The lowest BCUT2D eigenvalue weighted by Crippen LogP contribution is -2.36. The molecule has 0 bridgehead atoms. The number of hydrogen-bond acceptors (Lipinski definition) is 5. The first-order chi connectivity index (χ1) is 14.3. The standard InChI is InChI=1S/C22H19Cl2N5O/c1-22(2)10-15-17(16(30)11-22)19(13-4-3-5-14(23)18(13)24)29-21(26-15)27-20(28-29)12-6-8-25-9-7-12/h3-9,19H,10-11H2,1-2H3,(H,26,27,28). The minimum absolute atomic E-state index is 0.0846. The monoisotopic (exact) mass is 439 g/mol. The summed E-state index contributed by atoms with van der Waals surface area (Å²) in [6, 6.07) is 8.67. The van der Waals surface area contributed by atoms with Crippen molar-refractivity contribution in [3.63, 3.8) is 0 Å². The van der Waals surface area contributed by atoms with E-state index >= 15 is 0 Å². The first kappa shape index (κ1) is 19.3. The molecule has 2 aromatic heterocycles. The lowest BCUT2D eigenvalue weighted by Gasteiger charge is -2.38. The number of rotatable bonds is 2. The van der Waals surface area contributed by atoms with Crippen molar-refractivity contribution in [2.24, 2.45) is 5.41 Å². The second kappa shape index (κ2) is 6.93. The molecule has 3 aromatic rings. The lowest BCUT2D eigenvalue weighted by molar-refractivity contribution is -0.118. The SMILES string of the molecule is CC1(C)CC(=O)C2=C(C1)Nc1nc(-c3ccncc3)nn1C2c1cccc(Cl)c1Cl. The summed E-state index contributed by atoms with van der Waals surface area (Å²) in [5.74, 6) is 1.21. The third kappa shape index (κ3) is 3.11. The Hall–Kier alpha value is -2.70. The van der Waals surface area contributed by atoms with E-state index in [2.05, 4.69) is 24.1 Å². The second-order valence-corrected chi connectivity index (χ2v) is 9.23. The van der Waals surface area contributed by atoms with Gasteiger partial charge in [0.2, 0.25) is 5.95 Å². The number of nitrogens with one attached hydrogen (secondary N) is 1. The molecule has 0 saturated heterocycles. The zero-order valence-electron chi connectivity index (χ0n) is 16.5. The number of anilines is 1. The topological polar surface area (TPSA) is 72.7 Å². The number of Topliss-reactive ketones (excluding diaryl/α,β-unsaturated/α-hetero) is 1. The van der Waals surface area contributed by atoms with E-state index in [4.69, 9.17) is 33.3 Å². The van der Waals surface area contributed by atoms with Gasteiger partial charge in [0, 0.05) is 41.2 Å². The highest BCUT2D eigenvalue weighted by atomic mass is 35.5. The number of allylic oxidation sites excluding steroid dienone is 2. The van der Waals surface area contributed by atoms with Crippen molar-refractivity contribution in [3.8, 4) is 11.4 Å². The Morgan fingerprint density at radius 3 is 2.67 bits per heavy atom. The molecule has 1 aromatic carbocycles. The number of hydrogen-bond donors (Lipinski definition) is 1. The van der Waals surface area contributed by atoms with Crippen molar-refractivity contribution in [1.29, 1.82) is 0 Å². The first-order valence-electron chi connectivity index (χ1n) is 9.68. The zero-order chi connectivity index (χ0) is 21.0. The number of benzene rings is 1. The number of carbonyl (C=O) groups excluding carboxylic acids is 1. The maximum absolute atomic E-state index is 13.3. The average Bonchev–Trinajstić information content (AvgIpc) is 3.12. The zero-order valence-corrected chi connectivity index (χ0v) is 18.0. The minimum Gasteiger partial charge on any atom is -0.328 e. The van der Waals surface area contributed by atoms with Crippen molar-refractivity contribution in [2.75, 3.05) is 5.32 Å². The normalized spacial score (nSPS) is 19.9. The molecule has 6 nitrogen and oxygen atoms in total. The highest BCUT2D eigenvalue weighted by Gasteiger charge is 2.42. The van der Waals surface area contributed by atoms with Gasteiger partial charge >= 0.3 is 0 Å². The Kier molecular flexibility index (Phi) is 4.45. The molecule has 1 aliphatic carbocycles. The molecular formula is C22H19Cl2N5O. The van der Waals surface area contributed by atoms with E-state index in [1.165, 1.54) is 0 Å². The molecule has 1 unspecified atom stereocenters. The molecule has 0 saturated carbocycles.